The maximum Gasteiger partial charge on any atom is 0.0511 e. The molecule has 1 heterocycles. The predicted octanol–water partition coefficient (Wildman–Crippen LogP) is 2.56. The molecule has 1 aromatic rings. The van der Waals surface area contributed by atoms with Crippen molar-refractivity contribution in [3.8, 4) is 0 Å². The SMILES string of the molecule is CC1(Cl)CCNCC1c1cc[c]cc1. The quantitative estimate of drug-likeness (QED) is 0.700. The molecule has 2 atom stereocenters. The molecule has 0 bridgehead atoms. The molecule has 2 unspecified atom stereocenters. The zero-order valence-electron chi connectivity index (χ0n) is 8.39. The van der Waals surface area contributed by atoms with Gasteiger partial charge in [0.2, 0.25) is 0 Å². The van der Waals surface area contributed by atoms with Crippen LogP contribution in [0.25, 0.3) is 0 Å². The van der Waals surface area contributed by atoms with Crippen molar-refractivity contribution >= 4 is 11.6 Å². The summed E-state index contributed by atoms with van der Waals surface area (Å²) in [5, 5.41) is 3.39. The minimum Gasteiger partial charge on any atom is -0.316 e. The molecule has 1 fully saturated rings. The van der Waals surface area contributed by atoms with Gasteiger partial charge in [-0.1, -0.05) is 24.3 Å². The van der Waals surface area contributed by atoms with Crippen LogP contribution in [0.5, 0.6) is 0 Å². The first-order valence-corrected chi connectivity index (χ1v) is 5.43. The van der Waals surface area contributed by atoms with Gasteiger partial charge < -0.3 is 5.32 Å². The van der Waals surface area contributed by atoms with Crippen molar-refractivity contribution < 1.29 is 0 Å². The molecule has 2 rings (SSSR count). The normalized spacial score (nSPS) is 32.9. The Morgan fingerprint density at radius 3 is 2.86 bits per heavy atom. The summed E-state index contributed by atoms with van der Waals surface area (Å²) in [6, 6.07) is 11.2. The van der Waals surface area contributed by atoms with Gasteiger partial charge in [0.25, 0.3) is 0 Å². The third kappa shape index (κ3) is 1.94. The summed E-state index contributed by atoms with van der Waals surface area (Å²) in [5.74, 6) is 0.410. The van der Waals surface area contributed by atoms with E-state index in [-0.39, 0.29) is 4.87 Å². The highest BCUT2D eigenvalue weighted by molar-refractivity contribution is 6.24. The molecule has 0 aromatic heterocycles. The van der Waals surface area contributed by atoms with E-state index in [0.29, 0.717) is 5.92 Å². The molecule has 1 aliphatic rings. The fraction of sp³-hybridized carbons (Fsp3) is 0.500. The van der Waals surface area contributed by atoms with Gasteiger partial charge in [-0.2, -0.15) is 0 Å². The van der Waals surface area contributed by atoms with Crippen molar-refractivity contribution in [1.82, 2.24) is 5.32 Å². The number of benzene rings is 1. The summed E-state index contributed by atoms with van der Waals surface area (Å²) in [5.41, 5.74) is 1.31. The Bertz CT molecular complexity index is 294. The van der Waals surface area contributed by atoms with Crippen LogP contribution in [-0.2, 0) is 0 Å². The molecular weight excluding hydrogens is 194 g/mol. The zero-order valence-corrected chi connectivity index (χ0v) is 9.14. The van der Waals surface area contributed by atoms with E-state index in [2.05, 4.69) is 30.4 Å². The Balaban J connectivity index is 2.24. The fourth-order valence-corrected chi connectivity index (χ4v) is 2.36. The van der Waals surface area contributed by atoms with Crippen molar-refractivity contribution in [2.45, 2.75) is 24.1 Å². The van der Waals surface area contributed by atoms with Crippen LogP contribution in [0, 0.1) is 6.07 Å². The molecule has 2 heteroatoms. The van der Waals surface area contributed by atoms with Gasteiger partial charge in [-0.15, -0.1) is 11.6 Å². The number of piperidine rings is 1. The lowest BCUT2D eigenvalue weighted by Crippen LogP contribution is -2.43. The second-order valence-corrected chi connectivity index (χ2v) is 4.98. The minimum atomic E-state index is -0.105. The van der Waals surface area contributed by atoms with Crippen molar-refractivity contribution in [1.29, 1.82) is 0 Å². The molecule has 0 spiro atoms. The van der Waals surface area contributed by atoms with Crippen molar-refractivity contribution in [2.75, 3.05) is 13.1 Å². The average molecular weight is 209 g/mol. The molecule has 1 aromatic carbocycles. The first kappa shape index (κ1) is 10.0. The third-order valence-electron chi connectivity index (χ3n) is 3.01. The van der Waals surface area contributed by atoms with Gasteiger partial charge in [0.05, 0.1) is 4.87 Å². The number of hydrogen-bond donors (Lipinski definition) is 1. The first-order valence-electron chi connectivity index (χ1n) is 5.06. The number of hydrogen-bond acceptors (Lipinski definition) is 1. The Morgan fingerprint density at radius 2 is 2.21 bits per heavy atom. The number of rotatable bonds is 1. The first-order chi connectivity index (χ1) is 6.70. The van der Waals surface area contributed by atoms with Gasteiger partial charge in [-0.05, 0) is 31.5 Å². The van der Waals surface area contributed by atoms with Crippen LogP contribution in [0.1, 0.15) is 24.8 Å². The highest BCUT2D eigenvalue weighted by Gasteiger charge is 2.35. The Labute approximate surface area is 90.5 Å². The Hall–Kier alpha value is -0.530. The number of nitrogens with one attached hydrogen (secondary N) is 1. The largest absolute Gasteiger partial charge is 0.316 e. The van der Waals surface area contributed by atoms with Gasteiger partial charge >= 0.3 is 0 Å². The molecule has 1 N–H and O–H groups in total. The van der Waals surface area contributed by atoms with Crippen LogP contribution in [0.4, 0.5) is 0 Å². The summed E-state index contributed by atoms with van der Waals surface area (Å²) < 4.78 is 0. The molecular formula is C12H15ClN. The van der Waals surface area contributed by atoms with Gasteiger partial charge in [0.1, 0.15) is 0 Å². The van der Waals surface area contributed by atoms with Crippen molar-refractivity contribution in [3.05, 3.63) is 35.9 Å². The fourth-order valence-electron chi connectivity index (χ4n) is 2.06. The predicted molar refractivity (Wildman–Crippen MR) is 59.8 cm³/mol. The van der Waals surface area contributed by atoms with Gasteiger partial charge in [-0.25, -0.2) is 0 Å². The van der Waals surface area contributed by atoms with Crippen LogP contribution in [-0.4, -0.2) is 18.0 Å². The van der Waals surface area contributed by atoms with Crippen molar-refractivity contribution in [2.24, 2.45) is 0 Å². The van der Waals surface area contributed by atoms with E-state index >= 15 is 0 Å². The summed E-state index contributed by atoms with van der Waals surface area (Å²) in [4.78, 5) is -0.105. The van der Waals surface area contributed by atoms with E-state index < -0.39 is 0 Å². The maximum atomic E-state index is 6.52. The summed E-state index contributed by atoms with van der Waals surface area (Å²) in [6.07, 6.45) is 1.03. The highest BCUT2D eigenvalue weighted by atomic mass is 35.5. The lowest BCUT2D eigenvalue weighted by molar-refractivity contribution is 0.376. The van der Waals surface area contributed by atoms with E-state index in [9.17, 15) is 0 Å². The van der Waals surface area contributed by atoms with Crippen LogP contribution in [0.15, 0.2) is 24.3 Å². The zero-order chi connectivity index (χ0) is 10.0. The van der Waals surface area contributed by atoms with Crippen LogP contribution in [0.3, 0.4) is 0 Å². The lowest BCUT2D eigenvalue weighted by Gasteiger charge is -2.37. The Morgan fingerprint density at radius 1 is 1.50 bits per heavy atom. The highest BCUT2D eigenvalue weighted by Crippen LogP contribution is 2.37. The molecule has 75 valence electrons. The molecule has 1 nitrogen and oxygen atoms in total. The van der Waals surface area contributed by atoms with E-state index in [1.54, 1.807) is 0 Å². The molecule has 0 saturated carbocycles. The average Bonchev–Trinajstić information content (AvgIpc) is 2.18. The molecule has 1 radical (unpaired) electrons. The molecule has 1 aliphatic heterocycles. The smallest absolute Gasteiger partial charge is 0.0511 e. The van der Waals surface area contributed by atoms with Crippen LogP contribution >= 0.6 is 11.6 Å². The van der Waals surface area contributed by atoms with Crippen LogP contribution < -0.4 is 5.32 Å². The van der Waals surface area contributed by atoms with Gasteiger partial charge in [0, 0.05) is 12.5 Å². The maximum absolute atomic E-state index is 6.52. The van der Waals surface area contributed by atoms with E-state index in [4.69, 9.17) is 11.6 Å². The van der Waals surface area contributed by atoms with E-state index in [1.165, 1.54) is 5.56 Å². The summed E-state index contributed by atoms with van der Waals surface area (Å²) in [7, 11) is 0. The molecule has 1 saturated heterocycles. The summed E-state index contributed by atoms with van der Waals surface area (Å²) in [6.45, 7) is 4.14. The summed E-state index contributed by atoms with van der Waals surface area (Å²) >= 11 is 6.52. The number of halogens is 1. The topological polar surface area (TPSA) is 12.0 Å². The van der Waals surface area contributed by atoms with E-state index in [0.717, 1.165) is 19.5 Å². The van der Waals surface area contributed by atoms with Crippen LogP contribution in [0.2, 0.25) is 0 Å². The van der Waals surface area contributed by atoms with Gasteiger partial charge in [-0.3, -0.25) is 0 Å². The standard InChI is InChI=1S/C12H15ClN/c1-12(13)7-8-14-9-11(12)10-5-3-2-4-6-10/h3-6,11,14H,7-9H2,1H3. The number of alkyl halides is 1. The minimum absolute atomic E-state index is 0.105. The van der Waals surface area contributed by atoms with E-state index in [1.807, 2.05) is 12.1 Å². The lowest BCUT2D eigenvalue weighted by atomic mass is 9.82. The second-order valence-electron chi connectivity index (χ2n) is 4.12. The molecule has 0 aliphatic carbocycles. The third-order valence-corrected chi connectivity index (χ3v) is 3.46. The Kier molecular flexibility index (Phi) is 2.80. The second kappa shape index (κ2) is 3.92. The molecule has 0 amide bonds. The molecule has 14 heavy (non-hydrogen) atoms. The monoisotopic (exact) mass is 208 g/mol. The van der Waals surface area contributed by atoms with Gasteiger partial charge in [0.15, 0.2) is 0 Å². The van der Waals surface area contributed by atoms with Crippen molar-refractivity contribution in [3.63, 3.8) is 0 Å².